The van der Waals surface area contributed by atoms with E-state index in [9.17, 15) is 13.6 Å². The van der Waals surface area contributed by atoms with Crippen LogP contribution >= 0.6 is 0 Å². The van der Waals surface area contributed by atoms with E-state index >= 15 is 0 Å². The second-order valence-electron chi connectivity index (χ2n) is 5.67. The quantitative estimate of drug-likeness (QED) is 0.732. The van der Waals surface area contributed by atoms with Crippen LogP contribution in [-0.4, -0.2) is 27.6 Å². The van der Waals surface area contributed by atoms with Crippen molar-refractivity contribution >= 4 is 11.6 Å². The monoisotopic (exact) mass is 342 g/mol. The van der Waals surface area contributed by atoms with E-state index < -0.39 is 11.6 Å². The van der Waals surface area contributed by atoms with Gasteiger partial charge in [-0.25, -0.2) is 8.78 Å². The average Bonchev–Trinajstić information content (AvgIpc) is 3.23. The molecule has 0 aliphatic carbocycles. The molecule has 1 fully saturated rings. The van der Waals surface area contributed by atoms with Gasteiger partial charge in [-0.15, -0.1) is 0 Å². The molecule has 4 rings (SSSR count). The molecular formula is C17H12F2N4O2. The Morgan fingerprint density at radius 2 is 2.08 bits per heavy atom. The molecular weight excluding hydrogens is 330 g/mol. The summed E-state index contributed by atoms with van der Waals surface area (Å²) < 4.78 is 32.2. The Kier molecular flexibility index (Phi) is 3.72. The molecule has 1 aliphatic heterocycles. The van der Waals surface area contributed by atoms with Crippen LogP contribution in [-0.2, 0) is 4.79 Å². The lowest BCUT2D eigenvalue weighted by atomic mass is 10.1. The number of carbonyl (C=O) groups excluding carboxylic acids is 1. The molecule has 1 aliphatic rings. The van der Waals surface area contributed by atoms with E-state index in [2.05, 4.69) is 15.1 Å². The number of carbonyl (C=O) groups is 1. The van der Waals surface area contributed by atoms with Crippen molar-refractivity contribution in [1.82, 2.24) is 15.1 Å². The molecule has 3 heterocycles. The van der Waals surface area contributed by atoms with Crippen molar-refractivity contribution < 1.29 is 18.1 Å². The van der Waals surface area contributed by atoms with Crippen molar-refractivity contribution in [2.75, 3.05) is 11.4 Å². The predicted octanol–water partition coefficient (Wildman–Crippen LogP) is 2.93. The smallest absolute Gasteiger partial charge is 0.232 e. The van der Waals surface area contributed by atoms with E-state index in [1.54, 1.807) is 24.4 Å². The summed E-state index contributed by atoms with van der Waals surface area (Å²) in [6.07, 6.45) is 1.73. The van der Waals surface area contributed by atoms with E-state index in [1.807, 2.05) is 0 Å². The molecule has 0 bridgehead atoms. The number of pyridine rings is 1. The molecule has 1 amide bonds. The number of nitrogens with zero attached hydrogens (tertiary/aromatic N) is 4. The fraction of sp³-hybridized carbons (Fsp3) is 0.176. The van der Waals surface area contributed by atoms with Gasteiger partial charge in [-0.3, -0.25) is 9.78 Å². The number of rotatable bonds is 3. The number of aromatic nitrogens is 3. The Hall–Kier alpha value is -3.16. The lowest BCUT2D eigenvalue weighted by Gasteiger charge is -2.16. The summed E-state index contributed by atoms with van der Waals surface area (Å²) in [6.45, 7) is 0.186. The van der Waals surface area contributed by atoms with E-state index in [1.165, 1.54) is 11.0 Å². The van der Waals surface area contributed by atoms with Crippen molar-refractivity contribution in [3.8, 4) is 11.5 Å². The van der Waals surface area contributed by atoms with Crippen molar-refractivity contribution in [3.05, 3.63) is 60.1 Å². The van der Waals surface area contributed by atoms with Crippen LogP contribution in [0.3, 0.4) is 0 Å². The molecule has 3 aromatic rings. The SMILES string of the molecule is O=C1CC(c2nc(-c3ccccn3)no2)CN1c1ccc(F)cc1F. The van der Waals surface area contributed by atoms with Crippen molar-refractivity contribution in [2.45, 2.75) is 12.3 Å². The average molecular weight is 342 g/mol. The molecule has 25 heavy (non-hydrogen) atoms. The van der Waals surface area contributed by atoms with Crippen molar-refractivity contribution in [2.24, 2.45) is 0 Å². The minimum absolute atomic E-state index is 0.0402. The highest BCUT2D eigenvalue weighted by atomic mass is 19.1. The van der Waals surface area contributed by atoms with Crippen LogP contribution in [0.1, 0.15) is 18.2 Å². The fourth-order valence-electron chi connectivity index (χ4n) is 2.81. The van der Waals surface area contributed by atoms with Gasteiger partial charge in [0.05, 0.1) is 11.6 Å². The molecule has 1 unspecified atom stereocenters. The Bertz CT molecular complexity index is 929. The van der Waals surface area contributed by atoms with Gasteiger partial charge in [0.1, 0.15) is 17.3 Å². The molecule has 1 aromatic carbocycles. The zero-order valence-corrected chi connectivity index (χ0v) is 12.9. The molecule has 1 atom stereocenters. The van der Waals surface area contributed by atoms with Crippen LogP contribution in [0.15, 0.2) is 47.1 Å². The van der Waals surface area contributed by atoms with Gasteiger partial charge in [0.15, 0.2) is 0 Å². The van der Waals surface area contributed by atoms with Crippen molar-refractivity contribution in [3.63, 3.8) is 0 Å². The summed E-state index contributed by atoms with van der Waals surface area (Å²) in [6, 6.07) is 8.44. The third-order valence-electron chi connectivity index (χ3n) is 4.01. The molecule has 1 saturated heterocycles. The maximum absolute atomic E-state index is 13.9. The summed E-state index contributed by atoms with van der Waals surface area (Å²) in [5.41, 5.74) is 0.599. The summed E-state index contributed by atoms with van der Waals surface area (Å²) in [5, 5.41) is 3.88. The van der Waals surface area contributed by atoms with E-state index in [0.717, 1.165) is 12.1 Å². The zero-order chi connectivity index (χ0) is 17.4. The Balaban J connectivity index is 1.57. The minimum atomic E-state index is -0.784. The third-order valence-corrected chi connectivity index (χ3v) is 4.01. The minimum Gasteiger partial charge on any atom is -0.339 e. The molecule has 0 spiro atoms. The fourth-order valence-corrected chi connectivity index (χ4v) is 2.81. The van der Waals surface area contributed by atoms with Crippen molar-refractivity contribution in [1.29, 1.82) is 0 Å². The first-order valence-electron chi connectivity index (χ1n) is 7.62. The maximum Gasteiger partial charge on any atom is 0.232 e. The second kappa shape index (κ2) is 6.04. The van der Waals surface area contributed by atoms with Gasteiger partial charge < -0.3 is 9.42 Å². The van der Waals surface area contributed by atoms with Crippen LogP contribution in [0.25, 0.3) is 11.5 Å². The Morgan fingerprint density at radius 3 is 2.84 bits per heavy atom. The third kappa shape index (κ3) is 2.86. The Morgan fingerprint density at radius 1 is 1.20 bits per heavy atom. The molecule has 0 saturated carbocycles. The number of amides is 1. The van der Waals surface area contributed by atoms with Gasteiger partial charge in [0.25, 0.3) is 0 Å². The van der Waals surface area contributed by atoms with Gasteiger partial charge in [0.2, 0.25) is 17.6 Å². The summed E-state index contributed by atoms with van der Waals surface area (Å²) in [5.74, 6) is -1.50. The van der Waals surface area contributed by atoms with Gasteiger partial charge >= 0.3 is 0 Å². The largest absolute Gasteiger partial charge is 0.339 e. The molecule has 2 aromatic heterocycles. The molecule has 0 radical (unpaired) electrons. The van der Waals surface area contributed by atoms with Crippen LogP contribution in [0, 0.1) is 11.6 Å². The highest BCUT2D eigenvalue weighted by Crippen LogP contribution is 2.33. The van der Waals surface area contributed by atoms with Gasteiger partial charge in [-0.05, 0) is 24.3 Å². The summed E-state index contributed by atoms with van der Waals surface area (Å²) >= 11 is 0. The molecule has 126 valence electrons. The number of anilines is 1. The predicted molar refractivity (Wildman–Crippen MR) is 83.6 cm³/mol. The highest BCUT2D eigenvalue weighted by molar-refractivity contribution is 5.96. The molecule has 6 nitrogen and oxygen atoms in total. The van der Waals surface area contributed by atoms with Crippen LogP contribution < -0.4 is 4.90 Å². The topological polar surface area (TPSA) is 72.1 Å². The van der Waals surface area contributed by atoms with Crippen LogP contribution in [0.2, 0.25) is 0 Å². The van der Waals surface area contributed by atoms with Crippen LogP contribution in [0.4, 0.5) is 14.5 Å². The summed E-state index contributed by atoms with van der Waals surface area (Å²) in [4.78, 5) is 21.9. The van der Waals surface area contributed by atoms with E-state index in [-0.39, 0.29) is 30.5 Å². The van der Waals surface area contributed by atoms with Gasteiger partial charge in [-0.2, -0.15) is 4.98 Å². The first-order valence-corrected chi connectivity index (χ1v) is 7.62. The lowest BCUT2D eigenvalue weighted by Crippen LogP contribution is -2.25. The molecule has 8 heteroatoms. The second-order valence-corrected chi connectivity index (χ2v) is 5.67. The van der Waals surface area contributed by atoms with E-state index in [0.29, 0.717) is 17.4 Å². The normalized spacial score (nSPS) is 17.3. The highest BCUT2D eigenvalue weighted by Gasteiger charge is 2.36. The molecule has 0 N–H and O–H groups in total. The Labute approximate surface area is 141 Å². The lowest BCUT2D eigenvalue weighted by molar-refractivity contribution is -0.117. The zero-order valence-electron chi connectivity index (χ0n) is 12.9. The van der Waals surface area contributed by atoms with Crippen LogP contribution in [0.5, 0.6) is 0 Å². The number of hydrogen-bond acceptors (Lipinski definition) is 5. The number of halogens is 2. The summed E-state index contributed by atoms with van der Waals surface area (Å²) in [7, 11) is 0. The van der Waals surface area contributed by atoms with Gasteiger partial charge in [0, 0.05) is 25.2 Å². The van der Waals surface area contributed by atoms with E-state index in [4.69, 9.17) is 4.52 Å². The standard InChI is InChI=1S/C17H12F2N4O2/c18-11-4-5-14(12(19)8-11)23-9-10(7-15(23)24)17-21-16(22-25-17)13-3-1-2-6-20-13/h1-6,8,10H,7,9H2. The number of hydrogen-bond donors (Lipinski definition) is 0. The maximum atomic E-state index is 13.9. The number of benzene rings is 1. The first kappa shape index (κ1) is 15.4. The van der Waals surface area contributed by atoms with Gasteiger partial charge in [-0.1, -0.05) is 11.2 Å². The first-order chi connectivity index (χ1) is 12.1.